The molecule has 2 aromatic carbocycles. The summed E-state index contributed by atoms with van der Waals surface area (Å²) in [5, 5.41) is 4.78. The molecule has 0 spiro atoms. The number of ether oxygens (including phenoxy) is 2. The largest absolute Gasteiger partial charge is 0.481 e. The predicted octanol–water partition coefficient (Wildman–Crippen LogP) is 3.90. The van der Waals surface area contributed by atoms with E-state index in [0.29, 0.717) is 22.4 Å². The maximum Gasteiger partial charge on any atom is 0.344 e. The van der Waals surface area contributed by atoms with E-state index < -0.39 is 11.9 Å². The van der Waals surface area contributed by atoms with Gasteiger partial charge in [-0.3, -0.25) is 4.79 Å². The van der Waals surface area contributed by atoms with Gasteiger partial charge in [0.1, 0.15) is 11.3 Å². The SMILES string of the molecule is CCOC(=O)COc1ccc(/C=N/NC(=O)c2cc3ccccc3o2)cc1Br. The zero-order valence-electron chi connectivity index (χ0n) is 15.0. The lowest BCUT2D eigenvalue weighted by Crippen LogP contribution is -2.16. The van der Waals surface area contributed by atoms with E-state index in [-0.39, 0.29) is 12.4 Å². The molecule has 7 nitrogen and oxygen atoms in total. The van der Waals surface area contributed by atoms with E-state index in [4.69, 9.17) is 13.9 Å². The Morgan fingerprint density at radius 2 is 2.04 bits per heavy atom. The summed E-state index contributed by atoms with van der Waals surface area (Å²) in [6.45, 7) is 1.86. The summed E-state index contributed by atoms with van der Waals surface area (Å²) in [4.78, 5) is 23.5. The van der Waals surface area contributed by atoms with E-state index in [1.807, 2.05) is 18.2 Å². The van der Waals surface area contributed by atoms with Crippen LogP contribution in [0.25, 0.3) is 11.0 Å². The molecule has 3 rings (SSSR count). The van der Waals surface area contributed by atoms with Gasteiger partial charge in [0.25, 0.3) is 0 Å². The van der Waals surface area contributed by atoms with E-state index in [1.54, 1.807) is 37.3 Å². The van der Waals surface area contributed by atoms with Crippen LogP contribution in [-0.2, 0) is 9.53 Å². The van der Waals surface area contributed by atoms with Crippen molar-refractivity contribution in [1.29, 1.82) is 0 Å². The summed E-state index contributed by atoms with van der Waals surface area (Å²) in [5.74, 6) is -0.201. The van der Waals surface area contributed by atoms with Gasteiger partial charge < -0.3 is 13.9 Å². The number of nitrogens with one attached hydrogen (secondary N) is 1. The fraction of sp³-hybridized carbons (Fsp3) is 0.150. The first kappa shape index (κ1) is 19.6. The molecule has 0 bridgehead atoms. The molecule has 28 heavy (non-hydrogen) atoms. The van der Waals surface area contributed by atoms with Crippen LogP contribution in [0.3, 0.4) is 0 Å². The first-order valence-electron chi connectivity index (χ1n) is 8.46. The summed E-state index contributed by atoms with van der Waals surface area (Å²) < 4.78 is 16.3. The molecule has 0 unspecified atom stereocenters. The Bertz CT molecular complexity index is 995. The van der Waals surface area contributed by atoms with Gasteiger partial charge in [0.05, 0.1) is 17.3 Å². The van der Waals surface area contributed by atoms with Crippen LogP contribution in [0.5, 0.6) is 5.75 Å². The van der Waals surface area contributed by atoms with E-state index in [9.17, 15) is 9.59 Å². The number of rotatable bonds is 7. The monoisotopic (exact) mass is 444 g/mol. The zero-order chi connectivity index (χ0) is 19.9. The Labute approximate surface area is 169 Å². The van der Waals surface area contributed by atoms with Crippen LogP contribution in [0.4, 0.5) is 0 Å². The van der Waals surface area contributed by atoms with Gasteiger partial charge in [-0.2, -0.15) is 5.10 Å². The first-order valence-corrected chi connectivity index (χ1v) is 9.26. The number of fused-ring (bicyclic) bond motifs is 1. The highest BCUT2D eigenvalue weighted by Gasteiger charge is 2.11. The Morgan fingerprint density at radius 1 is 1.21 bits per heavy atom. The topological polar surface area (TPSA) is 90.1 Å². The van der Waals surface area contributed by atoms with Crippen molar-refractivity contribution in [2.75, 3.05) is 13.2 Å². The van der Waals surface area contributed by atoms with Crippen LogP contribution < -0.4 is 10.2 Å². The minimum Gasteiger partial charge on any atom is -0.481 e. The summed E-state index contributed by atoms with van der Waals surface area (Å²) >= 11 is 3.37. The molecule has 1 heterocycles. The Balaban J connectivity index is 1.58. The number of hydrogen-bond donors (Lipinski definition) is 1. The number of furan rings is 1. The van der Waals surface area contributed by atoms with Crippen LogP contribution in [0.1, 0.15) is 23.0 Å². The summed E-state index contributed by atoms with van der Waals surface area (Å²) in [5.41, 5.74) is 3.79. The Hall–Kier alpha value is -3.13. The van der Waals surface area contributed by atoms with Crippen LogP contribution in [0.15, 0.2) is 62.5 Å². The van der Waals surface area contributed by atoms with Crippen molar-refractivity contribution < 1.29 is 23.5 Å². The van der Waals surface area contributed by atoms with Crippen molar-refractivity contribution in [2.45, 2.75) is 6.92 Å². The van der Waals surface area contributed by atoms with Gasteiger partial charge >= 0.3 is 11.9 Å². The van der Waals surface area contributed by atoms with E-state index in [1.165, 1.54) is 6.21 Å². The molecule has 0 aliphatic heterocycles. The number of carbonyl (C=O) groups excluding carboxylic acids is 2. The maximum atomic E-state index is 12.1. The molecule has 0 aliphatic carbocycles. The summed E-state index contributed by atoms with van der Waals surface area (Å²) in [7, 11) is 0. The highest BCUT2D eigenvalue weighted by Crippen LogP contribution is 2.25. The average molecular weight is 445 g/mol. The number of carbonyl (C=O) groups is 2. The second-order valence-corrected chi connectivity index (χ2v) is 6.49. The minimum absolute atomic E-state index is 0.173. The number of benzene rings is 2. The molecule has 1 aromatic heterocycles. The molecule has 8 heteroatoms. The Morgan fingerprint density at radius 3 is 2.79 bits per heavy atom. The van der Waals surface area contributed by atoms with E-state index >= 15 is 0 Å². The summed E-state index contributed by atoms with van der Waals surface area (Å²) in [6.07, 6.45) is 1.49. The Kier molecular flexibility index (Phi) is 6.44. The third-order valence-corrected chi connectivity index (χ3v) is 4.26. The zero-order valence-corrected chi connectivity index (χ0v) is 16.6. The number of esters is 1. The van der Waals surface area contributed by atoms with E-state index in [2.05, 4.69) is 26.5 Å². The van der Waals surface area contributed by atoms with Crippen LogP contribution in [0, 0.1) is 0 Å². The highest BCUT2D eigenvalue weighted by atomic mass is 79.9. The van der Waals surface area contributed by atoms with Gasteiger partial charge in [-0.1, -0.05) is 18.2 Å². The third-order valence-electron chi connectivity index (χ3n) is 3.64. The van der Waals surface area contributed by atoms with Crippen LogP contribution in [-0.4, -0.2) is 31.3 Å². The average Bonchev–Trinajstić information content (AvgIpc) is 3.12. The number of hydrogen-bond acceptors (Lipinski definition) is 6. The van der Waals surface area contributed by atoms with Crippen molar-refractivity contribution in [1.82, 2.24) is 5.43 Å². The molecule has 0 radical (unpaired) electrons. The normalized spacial score (nSPS) is 10.9. The van der Waals surface area contributed by atoms with Crippen molar-refractivity contribution >= 4 is 45.0 Å². The molecule has 0 atom stereocenters. The van der Waals surface area contributed by atoms with Gasteiger partial charge in [0.2, 0.25) is 0 Å². The summed E-state index contributed by atoms with van der Waals surface area (Å²) in [6, 6.07) is 14.2. The second-order valence-electron chi connectivity index (χ2n) is 5.63. The highest BCUT2D eigenvalue weighted by molar-refractivity contribution is 9.10. The quantitative estimate of drug-likeness (QED) is 0.339. The van der Waals surface area contributed by atoms with Gasteiger partial charge in [-0.05, 0) is 58.7 Å². The number of hydrazone groups is 1. The number of amides is 1. The molecule has 0 aliphatic rings. The van der Waals surface area contributed by atoms with Crippen molar-refractivity contribution in [3.05, 3.63) is 64.3 Å². The number of nitrogens with zero attached hydrogens (tertiary/aromatic N) is 1. The minimum atomic E-state index is -0.444. The third kappa shape index (κ3) is 4.98. The lowest BCUT2D eigenvalue weighted by molar-refractivity contribution is -0.145. The molecule has 3 aromatic rings. The van der Waals surface area contributed by atoms with E-state index in [0.717, 1.165) is 10.9 Å². The lowest BCUT2D eigenvalue weighted by atomic mass is 10.2. The maximum absolute atomic E-state index is 12.1. The predicted molar refractivity (Wildman–Crippen MR) is 108 cm³/mol. The molecule has 1 amide bonds. The molecular formula is C20H17BrN2O5. The fourth-order valence-electron chi connectivity index (χ4n) is 2.37. The van der Waals surface area contributed by atoms with Gasteiger partial charge in [0, 0.05) is 5.39 Å². The molecular weight excluding hydrogens is 428 g/mol. The lowest BCUT2D eigenvalue weighted by Gasteiger charge is -2.08. The van der Waals surface area contributed by atoms with Crippen molar-refractivity contribution in [3.8, 4) is 5.75 Å². The smallest absolute Gasteiger partial charge is 0.344 e. The van der Waals surface area contributed by atoms with Gasteiger partial charge in [0.15, 0.2) is 12.4 Å². The molecule has 144 valence electrons. The van der Waals surface area contributed by atoms with Crippen molar-refractivity contribution in [3.63, 3.8) is 0 Å². The molecule has 0 fully saturated rings. The second kappa shape index (κ2) is 9.18. The van der Waals surface area contributed by atoms with Crippen LogP contribution >= 0.6 is 15.9 Å². The number of para-hydroxylation sites is 1. The first-order chi connectivity index (χ1) is 13.6. The molecule has 1 N–H and O–H groups in total. The number of halogens is 1. The van der Waals surface area contributed by atoms with Gasteiger partial charge in [-0.25, -0.2) is 10.2 Å². The standard InChI is InChI=1S/C20H17BrN2O5/c1-2-26-19(24)12-27-17-8-7-13(9-15(17)21)11-22-23-20(25)18-10-14-5-3-4-6-16(14)28-18/h3-11H,2,12H2,1H3,(H,23,25)/b22-11+. The molecule has 0 saturated heterocycles. The van der Waals surface area contributed by atoms with Crippen molar-refractivity contribution in [2.24, 2.45) is 5.10 Å². The molecule has 0 saturated carbocycles. The van der Waals surface area contributed by atoms with Crippen LogP contribution in [0.2, 0.25) is 0 Å². The fourth-order valence-corrected chi connectivity index (χ4v) is 2.88. The van der Waals surface area contributed by atoms with Gasteiger partial charge in [-0.15, -0.1) is 0 Å².